The van der Waals surface area contributed by atoms with E-state index >= 15 is 0 Å². The minimum atomic E-state index is -4.72. The zero-order valence-corrected chi connectivity index (χ0v) is 20.1. The summed E-state index contributed by atoms with van der Waals surface area (Å²) in [6.45, 7) is 5.48. The molecule has 0 saturated heterocycles. The molecule has 0 aliphatic heterocycles. The van der Waals surface area contributed by atoms with Gasteiger partial charge in [-0.3, -0.25) is 14.9 Å². The van der Waals surface area contributed by atoms with Crippen LogP contribution >= 0.6 is 11.6 Å². The summed E-state index contributed by atoms with van der Waals surface area (Å²) in [5, 5.41) is 7.93. The molecule has 3 N–H and O–H groups in total. The number of rotatable bonds is 7. The standard InChI is InChI=1S/C26H25ClF3N3O2/c1-15-11-16(2)23(17(3)12-15)33-22(34)14-31-24(18-7-5-4-6-8-18)25(35)32-21-10-9-19(27)13-20(21)26(28,29)30/h4-13,24,31H,14H2,1-3H3,(H,32,35)(H,33,34)/t24-/m0/s1. The van der Waals surface area contributed by atoms with Crippen LogP contribution in [0.1, 0.15) is 33.9 Å². The molecule has 5 nitrogen and oxygen atoms in total. The van der Waals surface area contributed by atoms with Crippen molar-refractivity contribution in [2.24, 2.45) is 0 Å². The van der Waals surface area contributed by atoms with Crippen molar-refractivity contribution in [1.82, 2.24) is 5.32 Å². The minimum Gasteiger partial charge on any atom is -0.324 e. The monoisotopic (exact) mass is 503 g/mol. The van der Waals surface area contributed by atoms with E-state index in [4.69, 9.17) is 11.6 Å². The quantitative estimate of drug-likeness (QED) is 0.360. The molecule has 0 aliphatic rings. The number of aryl methyl sites for hydroxylation is 3. The fourth-order valence-electron chi connectivity index (χ4n) is 3.83. The SMILES string of the molecule is Cc1cc(C)c(NC(=O)CN[C@H](C(=O)Nc2ccc(Cl)cc2C(F)(F)F)c2ccccc2)c(C)c1. The Morgan fingerprint density at radius 1 is 0.914 bits per heavy atom. The number of carbonyl (C=O) groups excluding carboxylic acids is 2. The zero-order valence-electron chi connectivity index (χ0n) is 19.4. The van der Waals surface area contributed by atoms with Crippen molar-refractivity contribution in [2.75, 3.05) is 17.2 Å². The molecule has 2 amide bonds. The smallest absolute Gasteiger partial charge is 0.324 e. The average Bonchev–Trinajstić information content (AvgIpc) is 2.77. The topological polar surface area (TPSA) is 70.2 Å². The number of nitrogens with one attached hydrogen (secondary N) is 3. The third-order valence-electron chi connectivity index (χ3n) is 5.35. The molecule has 3 aromatic carbocycles. The number of halogens is 4. The Bertz CT molecular complexity index is 1210. The maximum Gasteiger partial charge on any atom is 0.418 e. The highest BCUT2D eigenvalue weighted by Crippen LogP contribution is 2.37. The van der Waals surface area contributed by atoms with Crippen LogP contribution in [-0.4, -0.2) is 18.4 Å². The van der Waals surface area contributed by atoms with Gasteiger partial charge in [-0.05, 0) is 55.7 Å². The summed E-state index contributed by atoms with van der Waals surface area (Å²) in [6, 6.07) is 14.3. The van der Waals surface area contributed by atoms with Gasteiger partial charge in [0.2, 0.25) is 11.8 Å². The lowest BCUT2D eigenvalue weighted by molar-refractivity contribution is -0.137. The maximum atomic E-state index is 13.5. The van der Waals surface area contributed by atoms with Crippen LogP contribution in [0, 0.1) is 20.8 Å². The molecule has 9 heteroatoms. The fourth-order valence-corrected chi connectivity index (χ4v) is 4.00. The van der Waals surface area contributed by atoms with E-state index in [1.807, 2.05) is 32.9 Å². The van der Waals surface area contributed by atoms with E-state index in [1.54, 1.807) is 30.3 Å². The molecule has 0 radical (unpaired) electrons. The lowest BCUT2D eigenvalue weighted by Gasteiger charge is -2.21. The van der Waals surface area contributed by atoms with Gasteiger partial charge in [0.1, 0.15) is 6.04 Å². The van der Waals surface area contributed by atoms with Crippen molar-refractivity contribution in [1.29, 1.82) is 0 Å². The molecule has 1 atom stereocenters. The molecule has 3 rings (SSSR count). The van der Waals surface area contributed by atoms with E-state index in [0.717, 1.165) is 28.8 Å². The first-order chi connectivity index (χ1) is 16.5. The Balaban J connectivity index is 1.80. The van der Waals surface area contributed by atoms with Gasteiger partial charge < -0.3 is 10.6 Å². The van der Waals surface area contributed by atoms with Gasteiger partial charge in [0.25, 0.3) is 0 Å². The maximum absolute atomic E-state index is 13.5. The number of alkyl halides is 3. The van der Waals surface area contributed by atoms with Crippen LogP contribution in [0.2, 0.25) is 5.02 Å². The first kappa shape index (κ1) is 26.2. The molecule has 0 bridgehead atoms. The van der Waals surface area contributed by atoms with Gasteiger partial charge in [0.05, 0.1) is 17.8 Å². The van der Waals surface area contributed by atoms with Crippen LogP contribution in [0.4, 0.5) is 24.5 Å². The van der Waals surface area contributed by atoms with E-state index in [9.17, 15) is 22.8 Å². The van der Waals surface area contributed by atoms with Crippen molar-refractivity contribution in [3.05, 3.63) is 93.5 Å². The number of hydrogen-bond donors (Lipinski definition) is 3. The molecule has 0 spiro atoms. The van der Waals surface area contributed by atoms with E-state index in [1.165, 1.54) is 6.07 Å². The average molecular weight is 504 g/mol. The summed E-state index contributed by atoms with van der Waals surface area (Å²) >= 11 is 5.73. The highest BCUT2D eigenvalue weighted by Gasteiger charge is 2.35. The van der Waals surface area contributed by atoms with Crippen molar-refractivity contribution in [3.63, 3.8) is 0 Å². The molecular weight excluding hydrogens is 479 g/mol. The van der Waals surface area contributed by atoms with Gasteiger partial charge >= 0.3 is 6.18 Å². The zero-order chi connectivity index (χ0) is 25.8. The van der Waals surface area contributed by atoms with Crippen molar-refractivity contribution in [3.8, 4) is 0 Å². The largest absolute Gasteiger partial charge is 0.418 e. The summed E-state index contributed by atoms with van der Waals surface area (Å²) in [6.07, 6.45) is -4.72. The van der Waals surface area contributed by atoms with Crippen LogP contribution in [0.3, 0.4) is 0 Å². The Labute approximate surface area is 206 Å². The number of anilines is 2. The number of carbonyl (C=O) groups is 2. The second-order valence-corrected chi connectivity index (χ2v) is 8.66. The van der Waals surface area contributed by atoms with E-state index in [2.05, 4.69) is 16.0 Å². The summed E-state index contributed by atoms with van der Waals surface area (Å²) < 4.78 is 40.4. The molecule has 0 aliphatic carbocycles. The molecule has 35 heavy (non-hydrogen) atoms. The lowest BCUT2D eigenvalue weighted by Crippen LogP contribution is -2.38. The first-order valence-corrected chi connectivity index (χ1v) is 11.2. The van der Waals surface area contributed by atoms with Crippen LogP contribution in [0.5, 0.6) is 0 Å². The predicted octanol–water partition coefficient (Wildman–Crippen LogP) is 6.19. The Kier molecular flexibility index (Phi) is 8.19. The molecular formula is C26H25ClF3N3O2. The van der Waals surface area contributed by atoms with Crippen LogP contribution in [0.15, 0.2) is 60.7 Å². The first-order valence-electron chi connectivity index (χ1n) is 10.8. The lowest BCUT2D eigenvalue weighted by atomic mass is 10.0. The molecule has 184 valence electrons. The van der Waals surface area contributed by atoms with Crippen LogP contribution in [0.25, 0.3) is 0 Å². The van der Waals surface area contributed by atoms with Crippen molar-refractivity contribution in [2.45, 2.75) is 33.0 Å². The molecule has 0 fully saturated rings. The number of hydrogen-bond acceptors (Lipinski definition) is 3. The van der Waals surface area contributed by atoms with Gasteiger partial charge in [-0.2, -0.15) is 13.2 Å². The van der Waals surface area contributed by atoms with Gasteiger partial charge in [-0.25, -0.2) is 0 Å². The molecule has 0 saturated carbocycles. The normalized spacial score (nSPS) is 12.2. The third-order valence-corrected chi connectivity index (χ3v) is 5.58. The van der Waals surface area contributed by atoms with Crippen molar-refractivity contribution < 1.29 is 22.8 Å². The Morgan fingerprint density at radius 2 is 1.54 bits per heavy atom. The second kappa shape index (κ2) is 10.9. The van der Waals surface area contributed by atoms with E-state index in [-0.39, 0.29) is 11.6 Å². The Morgan fingerprint density at radius 3 is 2.14 bits per heavy atom. The fraction of sp³-hybridized carbons (Fsp3) is 0.231. The number of benzene rings is 3. The van der Waals surface area contributed by atoms with E-state index in [0.29, 0.717) is 11.3 Å². The van der Waals surface area contributed by atoms with Gasteiger partial charge in [-0.1, -0.05) is 59.6 Å². The summed E-state index contributed by atoms with van der Waals surface area (Å²) in [5.41, 5.74) is 2.55. The van der Waals surface area contributed by atoms with Gasteiger partial charge in [0, 0.05) is 10.7 Å². The second-order valence-electron chi connectivity index (χ2n) is 8.22. The van der Waals surface area contributed by atoms with Crippen LogP contribution in [-0.2, 0) is 15.8 Å². The Hall–Kier alpha value is -3.36. The van der Waals surface area contributed by atoms with Gasteiger partial charge in [0.15, 0.2) is 0 Å². The third kappa shape index (κ3) is 6.83. The molecule has 3 aromatic rings. The minimum absolute atomic E-state index is 0.105. The highest BCUT2D eigenvalue weighted by atomic mass is 35.5. The molecule has 0 heterocycles. The predicted molar refractivity (Wildman–Crippen MR) is 132 cm³/mol. The summed E-state index contributed by atoms with van der Waals surface area (Å²) in [7, 11) is 0. The highest BCUT2D eigenvalue weighted by molar-refractivity contribution is 6.30. The van der Waals surface area contributed by atoms with Crippen LogP contribution < -0.4 is 16.0 Å². The summed E-state index contributed by atoms with van der Waals surface area (Å²) in [4.78, 5) is 25.8. The number of amides is 2. The van der Waals surface area contributed by atoms with Crippen molar-refractivity contribution >= 4 is 34.8 Å². The van der Waals surface area contributed by atoms with E-state index < -0.39 is 35.3 Å². The molecule has 0 aromatic heterocycles. The van der Waals surface area contributed by atoms with Gasteiger partial charge in [-0.15, -0.1) is 0 Å². The summed E-state index contributed by atoms with van der Waals surface area (Å²) in [5.74, 6) is -1.14. The molecule has 0 unspecified atom stereocenters.